The van der Waals surface area contributed by atoms with Gasteiger partial charge in [-0.05, 0) is 36.8 Å². The molecule has 0 bridgehead atoms. The van der Waals surface area contributed by atoms with Crippen molar-refractivity contribution in [2.45, 2.75) is 13.0 Å². The van der Waals surface area contributed by atoms with Crippen LogP contribution in [0.2, 0.25) is 5.02 Å². The summed E-state index contributed by atoms with van der Waals surface area (Å²) in [5, 5.41) is 3.35. The lowest BCUT2D eigenvalue weighted by molar-refractivity contribution is -0.142. The number of amides is 2. The van der Waals surface area contributed by atoms with E-state index in [-0.39, 0.29) is 18.4 Å². The molecule has 2 aliphatic rings. The molecule has 8 heteroatoms. The zero-order chi connectivity index (χ0) is 21.1. The third-order valence-corrected chi connectivity index (χ3v) is 5.51. The van der Waals surface area contributed by atoms with Crippen molar-refractivity contribution >= 4 is 34.8 Å². The Morgan fingerprint density at radius 3 is 2.70 bits per heavy atom. The summed E-state index contributed by atoms with van der Waals surface area (Å²) in [4.78, 5) is 29.3. The van der Waals surface area contributed by atoms with Crippen molar-refractivity contribution in [3.8, 4) is 5.75 Å². The average molecular weight is 430 g/mol. The number of anilines is 2. The van der Waals surface area contributed by atoms with E-state index >= 15 is 0 Å². The van der Waals surface area contributed by atoms with E-state index in [0.29, 0.717) is 49.3 Å². The number of rotatable bonds is 4. The number of benzene rings is 2. The molecule has 2 amide bonds. The third-order valence-electron chi connectivity index (χ3n) is 5.19. The number of nitrogens with one attached hydrogen (secondary N) is 1. The molecule has 7 nitrogen and oxygen atoms in total. The number of morpholine rings is 1. The van der Waals surface area contributed by atoms with Gasteiger partial charge in [-0.1, -0.05) is 29.8 Å². The first kappa shape index (κ1) is 20.5. The standard InChI is InChI=1S/C22H24ClN3O4/c1-15-6-7-17(16(23)12-15)24-21(27)14-26-13-20(22(28)25-8-10-29-11-9-25)30-19-5-3-2-4-18(19)26/h2-7,12,20H,8-11,13-14H2,1H3,(H,24,27). The van der Waals surface area contributed by atoms with Crippen LogP contribution in [-0.4, -0.2) is 62.2 Å². The second-order valence-corrected chi connectivity index (χ2v) is 7.83. The van der Waals surface area contributed by atoms with Crippen molar-refractivity contribution in [1.82, 2.24) is 4.90 Å². The average Bonchev–Trinajstić information content (AvgIpc) is 2.75. The number of hydrogen-bond acceptors (Lipinski definition) is 5. The van der Waals surface area contributed by atoms with Crippen LogP contribution in [0.5, 0.6) is 5.75 Å². The number of nitrogens with zero attached hydrogens (tertiary/aromatic N) is 2. The largest absolute Gasteiger partial charge is 0.477 e. The number of carbonyl (C=O) groups excluding carboxylic acids is 2. The van der Waals surface area contributed by atoms with Crippen molar-refractivity contribution in [2.24, 2.45) is 0 Å². The van der Waals surface area contributed by atoms with Crippen LogP contribution in [0.3, 0.4) is 0 Å². The van der Waals surface area contributed by atoms with E-state index in [9.17, 15) is 9.59 Å². The Labute approximate surface area is 180 Å². The molecule has 1 atom stereocenters. The van der Waals surface area contributed by atoms with E-state index in [0.717, 1.165) is 11.3 Å². The highest BCUT2D eigenvalue weighted by atomic mass is 35.5. The van der Waals surface area contributed by atoms with Crippen LogP contribution in [-0.2, 0) is 14.3 Å². The summed E-state index contributed by atoms with van der Waals surface area (Å²) >= 11 is 6.24. The molecule has 158 valence electrons. The quantitative estimate of drug-likeness (QED) is 0.809. The van der Waals surface area contributed by atoms with Gasteiger partial charge in [0.2, 0.25) is 5.91 Å². The smallest absolute Gasteiger partial charge is 0.265 e. The van der Waals surface area contributed by atoms with Crippen LogP contribution in [0.25, 0.3) is 0 Å². The third kappa shape index (κ3) is 4.52. The molecule has 1 N–H and O–H groups in total. The van der Waals surface area contributed by atoms with Crippen LogP contribution < -0.4 is 15.0 Å². The minimum Gasteiger partial charge on any atom is -0.477 e. The molecule has 2 aromatic carbocycles. The predicted molar refractivity (Wildman–Crippen MR) is 115 cm³/mol. The minimum atomic E-state index is -0.672. The van der Waals surface area contributed by atoms with Crippen LogP contribution in [0, 0.1) is 6.92 Å². The van der Waals surface area contributed by atoms with Crippen LogP contribution in [0.4, 0.5) is 11.4 Å². The number of para-hydroxylation sites is 2. The Morgan fingerprint density at radius 1 is 1.17 bits per heavy atom. The minimum absolute atomic E-state index is 0.0808. The maximum Gasteiger partial charge on any atom is 0.265 e. The van der Waals surface area contributed by atoms with Gasteiger partial charge in [0.25, 0.3) is 5.91 Å². The highest BCUT2D eigenvalue weighted by Crippen LogP contribution is 2.33. The normalized spacial score (nSPS) is 18.4. The Kier molecular flexibility index (Phi) is 6.11. The Bertz CT molecular complexity index is 946. The summed E-state index contributed by atoms with van der Waals surface area (Å²) in [7, 11) is 0. The fraction of sp³-hybridized carbons (Fsp3) is 0.364. The van der Waals surface area contributed by atoms with Gasteiger partial charge >= 0.3 is 0 Å². The van der Waals surface area contributed by atoms with Crippen LogP contribution >= 0.6 is 11.6 Å². The number of halogens is 1. The van der Waals surface area contributed by atoms with E-state index in [4.69, 9.17) is 21.1 Å². The molecular weight excluding hydrogens is 406 g/mol. The number of ether oxygens (including phenoxy) is 2. The highest BCUT2D eigenvalue weighted by Gasteiger charge is 2.34. The first-order chi connectivity index (χ1) is 14.5. The Morgan fingerprint density at radius 2 is 1.93 bits per heavy atom. The number of fused-ring (bicyclic) bond motifs is 1. The zero-order valence-corrected chi connectivity index (χ0v) is 17.5. The molecule has 0 saturated carbocycles. The molecule has 1 saturated heterocycles. The molecule has 2 heterocycles. The second-order valence-electron chi connectivity index (χ2n) is 7.42. The van der Waals surface area contributed by atoms with E-state index in [1.165, 1.54) is 0 Å². The van der Waals surface area contributed by atoms with E-state index in [1.54, 1.807) is 17.0 Å². The summed E-state index contributed by atoms with van der Waals surface area (Å²) < 4.78 is 11.3. The second kappa shape index (κ2) is 8.93. The highest BCUT2D eigenvalue weighted by molar-refractivity contribution is 6.33. The van der Waals surface area contributed by atoms with E-state index in [1.807, 2.05) is 42.2 Å². The predicted octanol–water partition coefficient (Wildman–Crippen LogP) is 2.71. The van der Waals surface area contributed by atoms with Crippen molar-refractivity contribution in [3.63, 3.8) is 0 Å². The molecule has 0 aliphatic carbocycles. The van der Waals surface area contributed by atoms with Crippen molar-refractivity contribution < 1.29 is 19.1 Å². The molecule has 0 aromatic heterocycles. The lowest BCUT2D eigenvalue weighted by atomic mass is 10.1. The number of hydrogen-bond donors (Lipinski definition) is 1. The number of aryl methyl sites for hydroxylation is 1. The lowest BCUT2D eigenvalue weighted by Gasteiger charge is -2.38. The first-order valence-electron chi connectivity index (χ1n) is 9.94. The fourth-order valence-electron chi connectivity index (χ4n) is 3.66. The van der Waals surface area contributed by atoms with Crippen molar-refractivity contribution in [2.75, 3.05) is 49.6 Å². The maximum atomic E-state index is 13.0. The van der Waals surface area contributed by atoms with Gasteiger partial charge in [-0.3, -0.25) is 9.59 Å². The van der Waals surface area contributed by atoms with Gasteiger partial charge in [0.15, 0.2) is 6.10 Å². The molecule has 0 radical (unpaired) electrons. The summed E-state index contributed by atoms with van der Waals surface area (Å²) in [5.74, 6) is 0.298. The molecule has 2 aliphatic heterocycles. The number of carbonyl (C=O) groups is 2. The van der Waals surface area contributed by atoms with Gasteiger partial charge in [-0.15, -0.1) is 0 Å². The maximum absolute atomic E-state index is 13.0. The fourth-order valence-corrected chi connectivity index (χ4v) is 3.94. The van der Waals surface area contributed by atoms with Crippen molar-refractivity contribution in [3.05, 3.63) is 53.1 Å². The molecule has 0 spiro atoms. The van der Waals surface area contributed by atoms with Gasteiger partial charge < -0.3 is 24.6 Å². The van der Waals surface area contributed by atoms with Crippen LogP contribution in [0.15, 0.2) is 42.5 Å². The SMILES string of the molecule is Cc1ccc(NC(=O)CN2CC(C(=O)N3CCOCC3)Oc3ccccc32)c(Cl)c1. The summed E-state index contributed by atoms with van der Waals surface area (Å²) in [6.45, 7) is 4.46. The van der Waals surface area contributed by atoms with Gasteiger partial charge in [0.1, 0.15) is 5.75 Å². The lowest BCUT2D eigenvalue weighted by Crippen LogP contribution is -2.53. The molecule has 1 unspecified atom stereocenters. The molecule has 30 heavy (non-hydrogen) atoms. The first-order valence-corrected chi connectivity index (χ1v) is 10.3. The van der Waals surface area contributed by atoms with Gasteiger partial charge in [0, 0.05) is 13.1 Å². The summed E-state index contributed by atoms with van der Waals surface area (Å²) in [6.07, 6.45) is -0.672. The van der Waals surface area contributed by atoms with Gasteiger partial charge in [-0.25, -0.2) is 0 Å². The topological polar surface area (TPSA) is 71.1 Å². The summed E-state index contributed by atoms with van der Waals surface area (Å²) in [5.41, 5.74) is 2.37. The monoisotopic (exact) mass is 429 g/mol. The molecular formula is C22H24ClN3O4. The Balaban J connectivity index is 1.49. The molecule has 4 rings (SSSR count). The molecule has 2 aromatic rings. The summed E-state index contributed by atoms with van der Waals surface area (Å²) in [6, 6.07) is 12.9. The van der Waals surface area contributed by atoms with Crippen LogP contribution in [0.1, 0.15) is 5.56 Å². The van der Waals surface area contributed by atoms with Gasteiger partial charge in [-0.2, -0.15) is 0 Å². The molecule has 1 fully saturated rings. The van der Waals surface area contributed by atoms with Gasteiger partial charge in [0.05, 0.1) is 42.7 Å². The van der Waals surface area contributed by atoms with E-state index in [2.05, 4.69) is 5.32 Å². The van der Waals surface area contributed by atoms with Crippen molar-refractivity contribution in [1.29, 1.82) is 0 Å². The Hall–Kier alpha value is -2.77. The zero-order valence-electron chi connectivity index (χ0n) is 16.8. The van der Waals surface area contributed by atoms with E-state index < -0.39 is 6.10 Å².